The summed E-state index contributed by atoms with van der Waals surface area (Å²) in [5, 5.41) is 4.26. The van der Waals surface area contributed by atoms with Gasteiger partial charge in [0.05, 0.1) is 12.7 Å². The van der Waals surface area contributed by atoms with E-state index in [4.69, 9.17) is 4.74 Å². The fourth-order valence-corrected chi connectivity index (χ4v) is 4.69. The molecule has 6 heteroatoms. The molecule has 0 aromatic heterocycles. The zero-order valence-electron chi connectivity index (χ0n) is 16.1. The molecular formula is C18H36N4OS. The zero-order valence-corrected chi connectivity index (χ0v) is 16.9. The maximum atomic E-state index is 5.95. The highest BCUT2D eigenvalue weighted by molar-refractivity contribution is 8.00. The molecule has 0 aliphatic carbocycles. The molecular weight excluding hydrogens is 320 g/mol. The summed E-state index contributed by atoms with van der Waals surface area (Å²) < 4.78 is 5.95. The van der Waals surface area contributed by atoms with Crippen LogP contribution in [0.4, 0.5) is 0 Å². The van der Waals surface area contributed by atoms with E-state index in [1.807, 2.05) is 7.05 Å². The van der Waals surface area contributed by atoms with Crippen molar-refractivity contribution in [3.05, 3.63) is 0 Å². The Bertz CT molecular complexity index is 402. The lowest BCUT2D eigenvalue weighted by atomic mass is 10.1. The average molecular weight is 357 g/mol. The number of nitrogens with zero attached hydrogens (tertiary/aromatic N) is 3. The van der Waals surface area contributed by atoms with E-state index in [1.165, 1.54) is 5.75 Å². The van der Waals surface area contributed by atoms with E-state index >= 15 is 0 Å². The first-order valence-electron chi connectivity index (χ1n) is 9.40. The fraction of sp³-hybridized carbons (Fsp3) is 0.944. The molecule has 2 saturated heterocycles. The maximum Gasteiger partial charge on any atom is 0.193 e. The van der Waals surface area contributed by atoms with Gasteiger partial charge in [0.15, 0.2) is 5.96 Å². The second-order valence-corrected chi connectivity index (χ2v) is 9.02. The van der Waals surface area contributed by atoms with Crippen molar-refractivity contribution in [2.75, 3.05) is 58.7 Å². The Morgan fingerprint density at radius 2 is 2.04 bits per heavy atom. The van der Waals surface area contributed by atoms with Crippen molar-refractivity contribution in [1.82, 2.24) is 15.1 Å². The third-order valence-electron chi connectivity index (χ3n) is 4.68. The lowest BCUT2D eigenvalue weighted by molar-refractivity contribution is -0.0286. The summed E-state index contributed by atoms with van der Waals surface area (Å²) in [6.45, 7) is 16.3. The van der Waals surface area contributed by atoms with Crippen molar-refractivity contribution in [3.8, 4) is 0 Å². The number of nitrogens with one attached hydrogen (secondary N) is 1. The SMILES string of the molecule is CN=C(NCC1CN(CC(C)C)CCO1)N1CCSC(C(C)C)C1. The third kappa shape index (κ3) is 6.12. The van der Waals surface area contributed by atoms with E-state index in [9.17, 15) is 0 Å². The number of thioether (sulfide) groups is 1. The van der Waals surface area contributed by atoms with Crippen molar-refractivity contribution >= 4 is 17.7 Å². The van der Waals surface area contributed by atoms with Gasteiger partial charge >= 0.3 is 0 Å². The highest BCUT2D eigenvalue weighted by Crippen LogP contribution is 2.24. The normalized spacial score (nSPS) is 27.1. The van der Waals surface area contributed by atoms with E-state index in [0.29, 0.717) is 17.1 Å². The van der Waals surface area contributed by atoms with Gasteiger partial charge in [-0.05, 0) is 11.8 Å². The Hall–Kier alpha value is -0.460. The monoisotopic (exact) mass is 356 g/mol. The number of aliphatic imine (C=N–C) groups is 1. The van der Waals surface area contributed by atoms with E-state index < -0.39 is 0 Å². The zero-order chi connectivity index (χ0) is 17.5. The van der Waals surface area contributed by atoms with Crippen LogP contribution in [0.25, 0.3) is 0 Å². The van der Waals surface area contributed by atoms with Crippen molar-refractivity contribution in [2.24, 2.45) is 16.8 Å². The van der Waals surface area contributed by atoms with Crippen molar-refractivity contribution in [2.45, 2.75) is 39.0 Å². The first kappa shape index (κ1) is 19.9. The highest BCUT2D eigenvalue weighted by atomic mass is 32.2. The summed E-state index contributed by atoms with van der Waals surface area (Å²) in [7, 11) is 1.89. The quantitative estimate of drug-likeness (QED) is 0.603. The van der Waals surface area contributed by atoms with Crippen molar-refractivity contribution < 1.29 is 4.74 Å². The average Bonchev–Trinajstić information content (AvgIpc) is 2.55. The summed E-state index contributed by atoms with van der Waals surface area (Å²) in [5.74, 6) is 3.64. The maximum absolute atomic E-state index is 5.95. The van der Waals surface area contributed by atoms with Gasteiger partial charge in [0.25, 0.3) is 0 Å². The van der Waals surface area contributed by atoms with Gasteiger partial charge in [-0.3, -0.25) is 9.89 Å². The van der Waals surface area contributed by atoms with Crippen LogP contribution in [0, 0.1) is 11.8 Å². The summed E-state index contributed by atoms with van der Waals surface area (Å²) >= 11 is 2.10. The lowest BCUT2D eigenvalue weighted by Gasteiger charge is -2.38. The molecule has 2 fully saturated rings. The third-order valence-corrected chi connectivity index (χ3v) is 6.22. The molecule has 2 aliphatic rings. The van der Waals surface area contributed by atoms with E-state index in [-0.39, 0.29) is 6.10 Å². The van der Waals surface area contributed by atoms with Crippen LogP contribution in [0.1, 0.15) is 27.7 Å². The Labute approximate surface area is 152 Å². The molecule has 0 saturated carbocycles. The molecule has 0 spiro atoms. The van der Waals surface area contributed by atoms with Gasteiger partial charge in [-0.25, -0.2) is 0 Å². The largest absolute Gasteiger partial charge is 0.374 e. The van der Waals surface area contributed by atoms with Gasteiger partial charge in [-0.15, -0.1) is 0 Å². The minimum absolute atomic E-state index is 0.259. The second-order valence-electron chi connectivity index (χ2n) is 7.67. The predicted molar refractivity (Wildman–Crippen MR) is 105 cm³/mol. The molecule has 2 unspecified atom stereocenters. The Morgan fingerprint density at radius 3 is 2.71 bits per heavy atom. The van der Waals surface area contributed by atoms with Crippen molar-refractivity contribution in [3.63, 3.8) is 0 Å². The van der Waals surface area contributed by atoms with Gasteiger partial charge in [0, 0.05) is 57.3 Å². The highest BCUT2D eigenvalue weighted by Gasteiger charge is 2.26. The summed E-state index contributed by atoms with van der Waals surface area (Å²) in [5.41, 5.74) is 0. The molecule has 2 aliphatic heterocycles. The molecule has 2 rings (SSSR count). The van der Waals surface area contributed by atoms with Crippen LogP contribution >= 0.6 is 11.8 Å². The molecule has 140 valence electrons. The van der Waals surface area contributed by atoms with Crippen LogP contribution in [0.3, 0.4) is 0 Å². The van der Waals surface area contributed by atoms with Gasteiger partial charge in [0.2, 0.25) is 0 Å². The molecule has 0 aromatic carbocycles. The first-order chi connectivity index (χ1) is 11.5. The van der Waals surface area contributed by atoms with Gasteiger partial charge in [-0.2, -0.15) is 11.8 Å². The fourth-order valence-electron chi connectivity index (χ4n) is 3.39. The van der Waals surface area contributed by atoms with E-state index in [1.54, 1.807) is 0 Å². The molecule has 2 heterocycles. The van der Waals surface area contributed by atoms with Crippen LogP contribution < -0.4 is 5.32 Å². The van der Waals surface area contributed by atoms with Crippen LogP contribution in [0.15, 0.2) is 4.99 Å². The van der Waals surface area contributed by atoms with Gasteiger partial charge in [0.1, 0.15) is 0 Å². The van der Waals surface area contributed by atoms with Crippen LogP contribution in [-0.4, -0.2) is 85.8 Å². The number of hydrogen-bond acceptors (Lipinski definition) is 4. The summed E-state index contributed by atoms with van der Waals surface area (Å²) in [4.78, 5) is 9.45. The smallest absolute Gasteiger partial charge is 0.193 e. The summed E-state index contributed by atoms with van der Waals surface area (Å²) in [6.07, 6.45) is 0.259. The van der Waals surface area contributed by atoms with E-state index in [0.717, 1.165) is 51.8 Å². The molecule has 0 bridgehead atoms. The molecule has 24 heavy (non-hydrogen) atoms. The molecule has 0 aromatic rings. The van der Waals surface area contributed by atoms with E-state index in [2.05, 4.69) is 59.6 Å². The lowest BCUT2D eigenvalue weighted by Crippen LogP contribution is -2.53. The molecule has 5 nitrogen and oxygen atoms in total. The Morgan fingerprint density at radius 1 is 1.25 bits per heavy atom. The van der Waals surface area contributed by atoms with Gasteiger partial charge < -0.3 is 15.0 Å². The van der Waals surface area contributed by atoms with Crippen molar-refractivity contribution in [1.29, 1.82) is 0 Å². The first-order valence-corrected chi connectivity index (χ1v) is 10.5. The topological polar surface area (TPSA) is 40.1 Å². The number of guanidine groups is 1. The van der Waals surface area contributed by atoms with Crippen LogP contribution in [0.5, 0.6) is 0 Å². The van der Waals surface area contributed by atoms with Crippen LogP contribution in [0.2, 0.25) is 0 Å². The van der Waals surface area contributed by atoms with Gasteiger partial charge in [-0.1, -0.05) is 27.7 Å². The second kappa shape index (κ2) is 9.88. The number of ether oxygens (including phenoxy) is 1. The van der Waals surface area contributed by atoms with Crippen LogP contribution in [-0.2, 0) is 4.74 Å². The Balaban J connectivity index is 1.80. The molecule has 1 N–H and O–H groups in total. The Kier molecular flexibility index (Phi) is 8.17. The minimum Gasteiger partial charge on any atom is -0.374 e. The summed E-state index contributed by atoms with van der Waals surface area (Å²) in [6, 6.07) is 0. The predicted octanol–water partition coefficient (Wildman–Crippen LogP) is 1.99. The number of hydrogen-bond donors (Lipinski definition) is 1. The standard InChI is InChI=1S/C18H36N4OS/c1-14(2)11-21-6-8-23-16(12-21)10-20-18(19-5)22-7-9-24-17(13-22)15(3)4/h14-17H,6-13H2,1-5H3,(H,19,20). The molecule has 0 amide bonds. The number of morpholine rings is 1. The molecule has 2 atom stereocenters. The minimum atomic E-state index is 0.259. The number of rotatable bonds is 5. The molecule has 0 radical (unpaired) electrons.